The maximum absolute atomic E-state index is 11.2. The van der Waals surface area contributed by atoms with Gasteiger partial charge < -0.3 is 29.1 Å². The van der Waals surface area contributed by atoms with Crippen LogP contribution in [-0.4, -0.2) is 9.67 Å². The maximum atomic E-state index is 11.2. The second-order valence-electron chi connectivity index (χ2n) is 8.31. The van der Waals surface area contributed by atoms with Crippen LogP contribution in [-0.2, 0) is 12.6 Å². The predicted octanol–water partition coefficient (Wildman–Crippen LogP) is 2.24. The van der Waals surface area contributed by atoms with Gasteiger partial charge in [-0.15, -0.1) is 0 Å². The lowest BCUT2D eigenvalue weighted by atomic mass is 9.77. The number of hydrogen-bond acceptors (Lipinski definition) is 1. The van der Waals surface area contributed by atoms with Crippen molar-refractivity contribution in [1.82, 2.24) is 4.57 Å². The summed E-state index contributed by atoms with van der Waals surface area (Å²) in [6.45, 7) is 0. The van der Waals surface area contributed by atoms with Gasteiger partial charge in [0.15, 0.2) is 11.2 Å². The summed E-state index contributed by atoms with van der Waals surface area (Å²) >= 11 is 0. The van der Waals surface area contributed by atoms with E-state index in [1.165, 1.54) is 0 Å². The van der Waals surface area contributed by atoms with Crippen molar-refractivity contribution in [3.8, 4) is 0 Å². The van der Waals surface area contributed by atoms with Crippen LogP contribution in [0.25, 0.3) is 0 Å². The molecular weight excluding hydrogens is 531 g/mol. The molecule has 0 amide bonds. The van der Waals surface area contributed by atoms with Crippen molar-refractivity contribution < 1.29 is 33.7 Å². The third-order valence-electron chi connectivity index (χ3n) is 6.33. The second kappa shape index (κ2) is 10.4. The minimum Gasteiger partial charge on any atom is -1.00 e. The summed E-state index contributed by atoms with van der Waals surface area (Å²) in [4.78, 5) is 0. The summed E-state index contributed by atoms with van der Waals surface area (Å²) in [6, 6.07) is 41.5. The third-order valence-corrected chi connectivity index (χ3v) is 6.33. The van der Waals surface area contributed by atoms with E-state index in [0.29, 0.717) is 0 Å². The van der Waals surface area contributed by atoms with Gasteiger partial charge in [0.2, 0.25) is 6.33 Å². The molecule has 0 spiro atoms. The number of rotatable bonds is 6. The van der Waals surface area contributed by atoms with Gasteiger partial charge in [-0.3, -0.25) is 0 Å². The van der Waals surface area contributed by atoms with E-state index >= 15 is 0 Å². The molecule has 1 aromatic heterocycles. The molecule has 5 aromatic rings. The SMILES string of the molecule is C[n+]1cn(C(c2ccccc2)(c2ccccc2)c2ccccc2)cc1C(O)c1ccccc1.[I-]. The quantitative estimate of drug-likeness (QED) is 0.194. The fraction of sp³-hybridized carbons (Fsp3) is 0.100. The first-order valence-corrected chi connectivity index (χ1v) is 11.2. The molecule has 0 aliphatic heterocycles. The first kappa shape index (κ1) is 23.9. The molecule has 0 aliphatic carbocycles. The summed E-state index contributed by atoms with van der Waals surface area (Å²) in [6.07, 6.45) is 3.43. The number of imidazole rings is 1. The average Bonchev–Trinajstić information content (AvgIpc) is 3.28. The number of aliphatic hydroxyl groups excluding tert-OH is 1. The summed E-state index contributed by atoms with van der Waals surface area (Å²) in [5, 5.41) is 11.2. The van der Waals surface area contributed by atoms with Crippen LogP contribution in [0.5, 0.6) is 0 Å². The average molecular weight is 558 g/mol. The van der Waals surface area contributed by atoms with Gasteiger partial charge >= 0.3 is 0 Å². The highest BCUT2D eigenvalue weighted by molar-refractivity contribution is 5.50. The molecule has 4 aromatic carbocycles. The molecule has 0 radical (unpaired) electrons. The summed E-state index contributed by atoms with van der Waals surface area (Å²) in [5.41, 5.74) is 4.55. The van der Waals surface area contributed by atoms with Crippen LogP contribution < -0.4 is 28.5 Å². The van der Waals surface area contributed by atoms with Crippen molar-refractivity contribution in [1.29, 1.82) is 0 Å². The zero-order valence-electron chi connectivity index (χ0n) is 19.0. The van der Waals surface area contributed by atoms with Gasteiger partial charge in [-0.25, -0.2) is 9.13 Å². The van der Waals surface area contributed by atoms with Crippen molar-refractivity contribution in [2.24, 2.45) is 7.05 Å². The normalized spacial score (nSPS) is 12.1. The van der Waals surface area contributed by atoms with E-state index in [9.17, 15) is 5.11 Å². The second-order valence-corrected chi connectivity index (χ2v) is 8.31. The Morgan fingerprint density at radius 3 is 1.44 bits per heavy atom. The van der Waals surface area contributed by atoms with Crippen LogP contribution in [0, 0.1) is 0 Å². The number of nitrogens with zero attached hydrogens (tertiary/aromatic N) is 2. The third kappa shape index (κ3) is 4.19. The van der Waals surface area contributed by atoms with Crippen LogP contribution in [0.2, 0.25) is 0 Å². The van der Waals surface area contributed by atoms with Crippen molar-refractivity contribution in [2.45, 2.75) is 11.6 Å². The number of halogens is 1. The van der Waals surface area contributed by atoms with E-state index < -0.39 is 11.6 Å². The van der Waals surface area contributed by atoms with Gasteiger partial charge in [-0.05, 0) is 5.56 Å². The van der Waals surface area contributed by atoms with Gasteiger partial charge in [0.05, 0.1) is 7.05 Å². The van der Waals surface area contributed by atoms with Crippen molar-refractivity contribution >= 4 is 0 Å². The fourth-order valence-corrected chi connectivity index (χ4v) is 4.76. The largest absolute Gasteiger partial charge is 1.00 e. The molecule has 1 N–H and O–H groups in total. The Kier molecular flexibility index (Phi) is 7.29. The molecule has 1 unspecified atom stereocenters. The smallest absolute Gasteiger partial charge is 0.245 e. The Morgan fingerprint density at radius 1 is 0.647 bits per heavy atom. The highest BCUT2D eigenvalue weighted by Gasteiger charge is 2.44. The van der Waals surface area contributed by atoms with Crippen LogP contribution in [0.1, 0.15) is 34.1 Å². The first-order chi connectivity index (χ1) is 16.2. The lowest BCUT2D eigenvalue weighted by Crippen LogP contribution is -3.00. The Labute approximate surface area is 218 Å². The molecule has 4 heteroatoms. The highest BCUT2D eigenvalue weighted by Crippen LogP contribution is 2.41. The van der Waals surface area contributed by atoms with Gasteiger partial charge in [0.25, 0.3) is 0 Å². The summed E-state index contributed by atoms with van der Waals surface area (Å²) in [5.74, 6) is 0. The van der Waals surface area contributed by atoms with E-state index in [1.807, 2.05) is 60.1 Å². The Morgan fingerprint density at radius 2 is 1.03 bits per heavy atom. The molecule has 0 aliphatic rings. The topological polar surface area (TPSA) is 29.0 Å². The van der Waals surface area contributed by atoms with Crippen LogP contribution in [0.3, 0.4) is 0 Å². The number of aliphatic hydroxyl groups is 1. The van der Waals surface area contributed by atoms with Crippen molar-refractivity contribution in [3.05, 3.63) is 162 Å². The molecule has 170 valence electrons. The van der Waals surface area contributed by atoms with Gasteiger partial charge in [-0.2, -0.15) is 0 Å². The Balaban J connectivity index is 0.00000274. The lowest BCUT2D eigenvalue weighted by molar-refractivity contribution is -0.681. The fourth-order valence-electron chi connectivity index (χ4n) is 4.76. The molecular formula is C30H27IN2O. The predicted molar refractivity (Wildman–Crippen MR) is 131 cm³/mol. The number of aromatic nitrogens is 2. The van der Waals surface area contributed by atoms with Crippen LogP contribution in [0.15, 0.2) is 134 Å². The van der Waals surface area contributed by atoms with Gasteiger partial charge in [-0.1, -0.05) is 121 Å². The highest BCUT2D eigenvalue weighted by atomic mass is 127. The monoisotopic (exact) mass is 558 g/mol. The van der Waals surface area contributed by atoms with E-state index in [-0.39, 0.29) is 24.0 Å². The summed E-state index contributed by atoms with van der Waals surface area (Å²) in [7, 11) is 1.99. The number of benzene rings is 4. The van der Waals surface area contributed by atoms with E-state index in [2.05, 4.69) is 89.9 Å². The minimum atomic E-state index is -0.725. The molecule has 34 heavy (non-hydrogen) atoms. The lowest BCUT2D eigenvalue weighted by Gasteiger charge is -2.32. The van der Waals surface area contributed by atoms with Crippen LogP contribution >= 0.6 is 0 Å². The molecule has 5 rings (SSSR count). The molecule has 1 heterocycles. The molecule has 0 saturated carbocycles. The number of aryl methyl sites for hydroxylation is 1. The molecule has 0 saturated heterocycles. The summed E-state index contributed by atoms with van der Waals surface area (Å²) < 4.78 is 4.25. The minimum absolute atomic E-state index is 0. The van der Waals surface area contributed by atoms with E-state index in [4.69, 9.17) is 0 Å². The van der Waals surface area contributed by atoms with Crippen molar-refractivity contribution in [2.75, 3.05) is 0 Å². The number of hydrogen-bond donors (Lipinski definition) is 1. The molecule has 1 atom stereocenters. The van der Waals surface area contributed by atoms with E-state index in [1.54, 1.807) is 0 Å². The van der Waals surface area contributed by atoms with Crippen molar-refractivity contribution in [3.63, 3.8) is 0 Å². The van der Waals surface area contributed by atoms with Crippen LogP contribution in [0.4, 0.5) is 0 Å². The van der Waals surface area contributed by atoms with Gasteiger partial charge in [0.1, 0.15) is 12.3 Å². The van der Waals surface area contributed by atoms with E-state index in [0.717, 1.165) is 27.9 Å². The Hall–Kier alpha value is -3.22. The molecule has 0 bridgehead atoms. The Bertz CT molecular complexity index is 1220. The zero-order chi connectivity index (χ0) is 22.7. The van der Waals surface area contributed by atoms with Gasteiger partial charge in [0, 0.05) is 16.7 Å². The first-order valence-electron chi connectivity index (χ1n) is 11.2. The zero-order valence-corrected chi connectivity index (χ0v) is 21.2. The standard InChI is InChI=1S/C30H27N2O.HI/c1-31-23-32(22-28(31)29(33)24-14-6-2-7-15-24)30(25-16-8-3-9-17-25,26-18-10-4-11-19-26)27-20-12-5-13-21-27;/h2-23,29,33H,1H3;1H/q+1;/p-1. The molecule has 0 fully saturated rings. The molecule has 3 nitrogen and oxygen atoms in total. The maximum Gasteiger partial charge on any atom is 0.245 e.